The third-order valence-corrected chi connectivity index (χ3v) is 5.25. The zero-order valence-corrected chi connectivity index (χ0v) is 22.7. The van der Waals surface area contributed by atoms with E-state index in [2.05, 4.69) is 38.3 Å². The summed E-state index contributed by atoms with van der Waals surface area (Å²) in [5.74, 6) is 0.523. The van der Waals surface area contributed by atoms with Crippen LogP contribution in [0.2, 0.25) is 0 Å². The largest absolute Gasteiger partial charge is 0.345 e. The fourth-order valence-corrected chi connectivity index (χ4v) is 2.98. The second-order valence-corrected chi connectivity index (χ2v) is 9.96. The lowest BCUT2D eigenvalue weighted by Crippen LogP contribution is -2.50. The molecule has 0 radical (unpaired) electrons. The van der Waals surface area contributed by atoms with Crippen molar-refractivity contribution in [3.8, 4) is 0 Å². The van der Waals surface area contributed by atoms with E-state index in [0.717, 1.165) is 12.8 Å². The van der Waals surface area contributed by atoms with Gasteiger partial charge >= 0.3 is 0 Å². The van der Waals surface area contributed by atoms with E-state index in [-0.39, 0.29) is 42.0 Å². The molecular formula is C24H49N5O4. The minimum absolute atomic E-state index is 0.0181. The molecule has 0 spiro atoms. The average molecular weight is 472 g/mol. The number of carbonyl (C=O) groups is 4. The first kappa shape index (κ1) is 33.3. The minimum atomic E-state index is -0.512. The Kier molecular flexibility index (Phi) is 16.9. The van der Waals surface area contributed by atoms with E-state index in [1.165, 1.54) is 6.92 Å². The van der Waals surface area contributed by atoms with Crippen LogP contribution in [0.1, 0.15) is 61.3 Å². The van der Waals surface area contributed by atoms with Gasteiger partial charge in [-0.05, 0) is 73.6 Å². The molecule has 194 valence electrons. The van der Waals surface area contributed by atoms with Crippen LogP contribution in [-0.4, -0.2) is 92.1 Å². The van der Waals surface area contributed by atoms with Crippen LogP contribution >= 0.6 is 0 Å². The maximum absolute atomic E-state index is 12.0. The van der Waals surface area contributed by atoms with Gasteiger partial charge in [-0.2, -0.15) is 0 Å². The van der Waals surface area contributed by atoms with Crippen LogP contribution < -0.4 is 16.4 Å². The van der Waals surface area contributed by atoms with Gasteiger partial charge < -0.3 is 16.4 Å². The van der Waals surface area contributed by atoms with Gasteiger partial charge in [0, 0.05) is 0 Å². The third-order valence-electron chi connectivity index (χ3n) is 5.25. The lowest BCUT2D eigenvalue weighted by molar-refractivity contribution is -0.130. The topological polar surface area (TPSA) is 125 Å². The summed E-state index contributed by atoms with van der Waals surface area (Å²) in [5.41, 5.74) is 5.25. The molecule has 9 nitrogen and oxygen atoms in total. The van der Waals surface area contributed by atoms with Gasteiger partial charge in [0.15, 0.2) is 11.6 Å². The molecule has 0 aromatic carbocycles. The Morgan fingerprint density at radius 3 is 1.27 bits per heavy atom. The molecule has 0 heterocycles. The number of hydrogen-bond donors (Lipinski definition) is 3. The van der Waals surface area contributed by atoms with E-state index >= 15 is 0 Å². The smallest absolute Gasteiger partial charge is 0.237 e. The summed E-state index contributed by atoms with van der Waals surface area (Å²) in [7, 11) is 7.49. The molecule has 4 unspecified atom stereocenters. The second kappa shape index (κ2) is 16.7. The molecule has 0 bridgehead atoms. The maximum Gasteiger partial charge on any atom is 0.237 e. The molecule has 0 aliphatic rings. The molecule has 4 atom stereocenters. The standard InChI is InChI=1S/C12H25N3O2.C12H24N2O2/c1-8(2)6-10(15(4)5)12(17)14-9(3)11(16)7-13;1-8(2)7-11(14(5)6)12(16)13-9(3)10(4)15/h8-10H,6-7,13H2,1-5H3,(H,14,17);8-9,11H,7H2,1-6H3,(H,13,16). The average Bonchev–Trinajstić information content (AvgIpc) is 2.68. The number of carbonyl (C=O) groups excluding carboxylic acids is 4. The molecule has 33 heavy (non-hydrogen) atoms. The van der Waals surface area contributed by atoms with Crippen molar-refractivity contribution in [1.29, 1.82) is 0 Å². The van der Waals surface area contributed by atoms with E-state index in [0.29, 0.717) is 11.8 Å². The van der Waals surface area contributed by atoms with Gasteiger partial charge in [0.1, 0.15) is 0 Å². The summed E-state index contributed by atoms with van der Waals surface area (Å²) in [5, 5.41) is 5.44. The Morgan fingerprint density at radius 2 is 1.03 bits per heavy atom. The summed E-state index contributed by atoms with van der Waals surface area (Å²) in [4.78, 5) is 50.1. The molecule has 0 aromatic rings. The molecule has 2 amide bonds. The van der Waals surface area contributed by atoms with Crippen LogP contribution in [0.25, 0.3) is 0 Å². The SMILES string of the molecule is CC(=O)C(C)NC(=O)C(CC(C)C)N(C)C.CC(C)CC(C(=O)NC(C)C(=O)CN)N(C)C. The lowest BCUT2D eigenvalue weighted by Gasteiger charge is -2.26. The van der Waals surface area contributed by atoms with Crippen LogP contribution in [-0.2, 0) is 19.2 Å². The van der Waals surface area contributed by atoms with Crippen molar-refractivity contribution in [3.63, 3.8) is 0 Å². The fraction of sp³-hybridized carbons (Fsp3) is 0.833. The quantitative estimate of drug-likeness (QED) is 0.367. The number of nitrogens with one attached hydrogen (secondary N) is 2. The molecule has 0 aliphatic heterocycles. The number of ketones is 2. The first-order chi connectivity index (χ1) is 15.0. The van der Waals surface area contributed by atoms with Gasteiger partial charge in [-0.1, -0.05) is 27.7 Å². The molecule has 0 rings (SSSR count). The number of likely N-dealkylation sites (N-methyl/N-ethyl adjacent to an activating group) is 2. The molecule has 0 aromatic heterocycles. The van der Waals surface area contributed by atoms with Gasteiger partial charge in [-0.25, -0.2) is 0 Å². The van der Waals surface area contributed by atoms with Crippen molar-refractivity contribution in [1.82, 2.24) is 20.4 Å². The summed E-state index contributed by atoms with van der Waals surface area (Å²) < 4.78 is 0. The highest BCUT2D eigenvalue weighted by molar-refractivity contribution is 5.91. The van der Waals surface area contributed by atoms with Gasteiger partial charge in [-0.3, -0.25) is 29.0 Å². The van der Waals surface area contributed by atoms with Crippen molar-refractivity contribution in [2.24, 2.45) is 17.6 Å². The first-order valence-electron chi connectivity index (χ1n) is 11.7. The van der Waals surface area contributed by atoms with Crippen LogP contribution in [0.15, 0.2) is 0 Å². The fourth-order valence-electron chi connectivity index (χ4n) is 2.98. The first-order valence-corrected chi connectivity index (χ1v) is 11.7. The van der Waals surface area contributed by atoms with E-state index in [4.69, 9.17) is 5.73 Å². The zero-order chi connectivity index (χ0) is 26.5. The van der Waals surface area contributed by atoms with E-state index in [1.54, 1.807) is 13.8 Å². The highest BCUT2D eigenvalue weighted by Gasteiger charge is 2.25. The van der Waals surface area contributed by atoms with Crippen LogP contribution in [0.4, 0.5) is 0 Å². The van der Waals surface area contributed by atoms with E-state index in [9.17, 15) is 19.2 Å². The predicted octanol–water partition coefficient (Wildman–Crippen LogP) is 1.05. The van der Waals surface area contributed by atoms with Crippen molar-refractivity contribution in [2.75, 3.05) is 34.7 Å². The number of rotatable bonds is 13. The summed E-state index contributed by atoms with van der Waals surface area (Å²) >= 11 is 0. The highest BCUT2D eigenvalue weighted by atomic mass is 16.2. The van der Waals surface area contributed by atoms with Gasteiger partial charge in [0.25, 0.3) is 0 Å². The Bertz CT molecular complexity index is 620. The summed E-state index contributed by atoms with van der Waals surface area (Å²) in [6, 6.07) is -1.28. The molecule has 0 saturated carbocycles. The van der Waals surface area contributed by atoms with Gasteiger partial charge in [-0.15, -0.1) is 0 Å². The Morgan fingerprint density at radius 1 is 0.697 bits per heavy atom. The lowest BCUT2D eigenvalue weighted by atomic mass is 10.0. The van der Waals surface area contributed by atoms with Crippen molar-refractivity contribution < 1.29 is 19.2 Å². The van der Waals surface area contributed by atoms with Crippen molar-refractivity contribution in [2.45, 2.75) is 85.5 Å². The number of nitrogens with zero attached hydrogens (tertiary/aromatic N) is 2. The van der Waals surface area contributed by atoms with E-state index < -0.39 is 12.1 Å². The number of hydrogen-bond acceptors (Lipinski definition) is 7. The number of amides is 2. The molecular weight excluding hydrogens is 422 g/mol. The Balaban J connectivity index is 0. The van der Waals surface area contributed by atoms with Crippen molar-refractivity contribution in [3.05, 3.63) is 0 Å². The van der Waals surface area contributed by atoms with E-state index in [1.807, 2.05) is 38.0 Å². The number of nitrogens with two attached hydrogens (primary N) is 1. The summed E-state index contributed by atoms with van der Waals surface area (Å²) in [6.07, 6.45) is 1.56. The summed E-state index contributed by atoms with van der Waals surface area (Å²) in [6.45, 7) is 13.1. The van der Waals surface area contributed by atoms with Gasteiger partial charge in [0.05, 0.1) is 30.7 Å². The van der Waals surface area contributed by atoms with Crippen molar-refractivity contribution >= 4 is 23.4 Å². The third kappa shape index (κ3) is 14.8. The van der Waals surface area contributed by atoms with Crippen LogP contribution in [0.5, 0.6) is 0 Å². The minimum Gasteiger partial charge on any atom is -0.345 e. The maximum atomic E-state index is 12.0. The van der Waals surface area contributed by atoms with Gasteiger partial charge in [0.2, 0.25) is 11.8 Å². The van der Waals surface area contributed by atoms with Crippen LogP contribution in [0, 0.1) is 11.8 Å². The number of Topliss-reactive ketones (excluding diaryl/α,β-unsaturated/α-hetero) is 2. The molecule has 0 fully saturated rings. The second-order valence-electron chi connectivity index (χ2n) is 9.96. The van der Waals surface area contributed by atoms with Crippen LogP contribution in [0.3, 0.4) is 0 Å². The zero-order valence-electron chi connectivity index (χ0n) is 22.7. The molecule has 0 saturated heterocycles. The Labute approximate surface area is 201 Å². The molecule has 9 heteroatoms. The monoisotopic (exact) mass is 471 g/mol. The molecule has 4 N–H and O–H groups in total. The highest BCUT2D eigenvalue weighted by Crippen LogP contribution is 2.10. The predicted molar refractivity (Wildman–Crippen MR) is 134 cm³/mol. The normalized spacial score (nSPS) is 14.9. The molecule has 0 aliphatic carbocycles. The Hall–Kier alpha value is -1.84.